The van der Waals surface area contributed by atoms with Crippen LogP contribution >= 0.6 is 0 Å². The number of rotatable bonds is 7. The van der Waals surface area contributed by atoms with Crippen molar-refractivity contribution in [1.29, 1.82) is 0 Å². The normalized spacial score (nSPS) is 14.1. The lowest BCUT2D eigenvalue weighted by Gasteiger charge is -2.23. The average Bonchev–Trinajstić information content (AvgIpc) is 3.65. The second-order valence-electron chi connectivity index (χ2n) is 8.89. The van der Waals surface area contributed by atoms with Gasteiger partial charge >= 0.3 is 0 Å². The zero-order valence-electron chi connectivity index (χ0n) is 19.9. The van der Waals surface area contributed by atoms with Gasteiger partial charge in [0.05, 0.1) is 17.2 Å². The second kappa shape index (κ2) is 9.08. The second-order valence-corrected chi connectivity index (χ2v) is 8.89. The Kier molecular flexibility index (Phi) is 5.59. The fourth-order valence-corrected chi connectivity index (χ4v) is 4.33. The Hall–Kier alpha value is -4.67. The van der Waals surface area contributed by atoms with Gasteiger partial charge in [-0.2, -0.15) is 0 Å². The molecule has 11 heteroatoms. The largest absolute Gasteiger partial charge is 0.420 e. The number of benzene rings is 2. The Balaban J connectivity index is 1.50. The van der Waals surface area contributed by atoms with Crippen LogP contribution in [0.25, 0.3) is 28.0 Å². The molecule has 2 aromatic carbocycles. The maximum Gasteiger partial charge on any atom is 0.269 e. The molecule has 3 heterocycles. The predicted molar refractivity (Wildman–Crippen MR) is 136 cm³/mol. The number of nitrogen functional groups attached to an aromatic ring is 1. The molecular formula is C26H23FN8O2. The lowest BCUT2D eigenvalue weighted by Crippen LogP contribution is -2.29. The molecule has 186 valence electrons. The van der Waals surface area contributed by atoms with Crippen LogP contribution < -0.4 is 16.6 Å². The van der Waals surface area contributed by atoms with E-state index in [-0.39, 0.29) is 28.5 Å². The number of hydrogen-bond acceptors (Lipinski definition) is 9. The first-order chi connectivity index (χ1) is 18.0. The summed E-state index contributed by atoms with van der Waals surface area (Å²) in [5, 5.41) is 11.6. The smallest absolute Gasteiger partial charge is 0.269 e. The first-order valence-corrected chi connectivity index (χ1v) is 12.0. The monoisotopic (exact) mass is 498 g/mol. The number of nitrogens with one attached hydrogen (secondary N) is 1. The minimum absolute atomic E-state index is 0.0737. The molecule has 6 rings (SSSR count). The number of nitrogens with two attached hydrogens (primary N) is 1. The van der Waals surface area contributed by atoms with Crippen LogP contribution in [0.4, 0.5) is 16.0 Å². The molecule has 1 atom stereocenters. The van der Waals surface area contributed by atoms with E-state index in [9.17, 15) is 9.18 Å². The molecule has 0 bridgehead atoms. The quantitative estimate of drug-likeness (QED) is 0.335. The van der Waals surface area contributed by atoms with E-state index in [4.69, 9.17) is 15.1 Å². The molecule has 0 saturated heterocycles. The lowest BCUT2D eigenvalue weighted by molar-refractivity contribution is 0.508. The van der Waals surface area contributed by atoms with Crippen molar-refractivity contribution < 1.29 is 8.81 Å². The van der Waals surface area contributed by atoms with E-state index >= 15 is 0 Å². The van der Waals surface area contributed by atoms with Crippen LogP contribution in [0.5, 0.6) is 0 Å². The molecule has 0 unspecified atom stereocenters. The summed E-state index contributed by atoms with van der Waals surface area (Å²) in [5.74, 6) is 1.35. The number of halogens is 1. The van der Waals surface area contributed by atoms with E-state index in [0.717, 1.165) is 12.8 Å². The van der Waals surface area contributed by atoms with Gasteiger partial charge in [-0.3, -0.25) is 9.36 Å². The molecule has 1 fully saturated rings. The fraction of sp³-hybridized carbons (Fsp3) is 0.231. The lowest BCUT2D eigenvalue weighted by atomic mass is 10.1. The van der Waals surface area contributed by atoms with Gasteiger partial charge in [0.1, 0.15) is 40.6 Å². The summed E-state index contributed by atoms with van der Waals surface area (Å²) >= 11 is 0. The van der Waals surface area contributed by atoms with Crippen molar-refractivity contribution in [3.8, 4) is 17.1 Å². The summed E-state index contributed by atoms with van der Waals surface area (Å²) < 4.78 is 22.0. The van der Waals surface area contributed by atoms with E-state index in [1.165, 1.54) is 23.0 Å². The van der Waals surface area contributed by atoms with Gasteiger partial charge in [0, 0.05) is 5.92 Å². The van der Waals surface area contributed by atoms with E-state index in [2.05, 4.69) is 25.5 Å². The van der Waals surface area contributed by atoms with E-state index in [1.807, 2.05) is 25.1 Å². The highest BCUT2D eigenvalue weighted by Crippen LogP contribution is 2.41. The third-order valence-electron chi connectivity index (χ3n) is 6.38. The van der Waals surface area contributed by atoms with Crippen molar-refractivity contribution in [2.75, 3.05) is 11.1 Å². The summed E-state index contributed by atoms with van der Waals surface area (Å²) in [6.07, 6.45) is 3.87. The van der Waals surface area contributed by atoms with Crippen LogP contribution in [0, 0.1) is 5.82 Å². The van der Waals surface area contributed by atoms with Gasteiger partial charge in [0.2, 0.25) is 5.89 Å². The molecule has 0 radical (unpaired) electrons. The molecule has 0 aliphatic heterocycles. The minimum atomic E-state index is -0.624. The van der Waals surface area contributed by atoms with Gasteiger partial charge in [-0.25, -0.2) is 19.3 Å². The molecular weight excluding hydrogens is 475 g/mol. The third kappa shape index (κ3) is 4.07. The van der Waals surface area contributed by atoms with Crippen molar-refractivity contribution in [2.45, 2.75) is 38.1 Å². The summed E-state index contributed by atoms with van der Waals surface area (Å²) in [4.78, 5) is 26.9. The van der Waals surface area contributed by atoms with E-state index < -0.39 is 17.4 Å². The average molecular weight is 499 g/mol. The van der Waals surface area contributed by atoms with Crippen LogP contribution in [0.15, 0.2) is 64.1 Å². The number of hydrogen-bond donors (Lipinski definition) is 2. The zero-order chi connectivity index (χ0) is 25.5. The molecule has 37 heavy (non-hydrogen) atoms. The maximum absolute atomic E-state index is 14.7. The number of nitrogens with zero attached hydrogens (tertiary/aromatic N) is 6. The summed E-state index contributed by atoms with van der Waals surface area (Å²) in [7, 11) is 0. The Morgan fingerprint density at radius 3 is 2.70 bits per heavy atom. The molecule has 10 nitrogen and oxygen atoms in total. The highest BCUT2D eigenvalue weighted by Gasteiger charge is 2.31. The first kappa shape index (κ1) is 22.8. The van der Waals surface area contributed by atoms with Crippen LogP contribution in [-0.2, 0) is 0 Å². The third-order valence-corrected chi connectivity index (χ3v) is 6.38. The van der Waals surface area contributed by atoms with Crippen LogP contribution in [0.2, 0.25) is 0 Å². The SMILES string of the molecule is CC[C@H](Nc1ncnc(N)c1-c1nnc(C2CC2)o1)c1nc2cccc(F)c2c(=O)n1-c1ccccc1. The fourth-order valence-electron chi connectivity index (χ4n) is 4.33. The molecule has 1 aliphatic carbocycles. The summed E-state index contributed by atoms with van der Waals surface area (Å²) in [5.41, 5.74) is 6.92. The van der Waals surface area contributed by atoms with Gasteiger partial charge < -0.3 is 15.5 Å². The Bertz CT molecular complexity index is 1660. The van der Waals surface area contributed by atoms with Crippen molar-refractivity contribution in [3.63, 3.8) is 0 Å². The molecule has 1 aliphatic rings. The van der Waals surface area contributed by atoms with Crippen molar-refractivity contribution >= 4 is 22.5 Å². The number of para-hydroxylation sites is 1. The van der Waals surface area contributed by atoms with E-state index in [1.54, 1.807) is 18.2 Å². The highest BCUT2D eigenvalue weighted by molar-refractivity contribution is 5.80. The Labute approximate surface area is 210 Å². The number of fused-ring (bicyclic) bond motifs is 1. The van der Waals surface area contributed by atoms with Gasteiger partial charge in [-0.05, 0) is 43.5 Å². The van der Waals surface area contributed by atoms with Crippen LogP contribution in [0.3, 0.4) is 0 Å². The van der Waals surface area contributed by atoms with Gasteiger partial charge in [-0.1, -0.05) is 31.2 Å². The number of anilines is 2. The molecule has 0 spiro atoms. The number of aromatic nitrogens is 6. The van der Waals surface area contributed by atoms with Crippen molar-refractivity contribution in [3.05, 3.63) is 82.7 Å². The molecule has 0 amide bonds. The minimum Gasteiger partial charge on any atom is -0.420 e. The van der Waals surface area contributed by atoms with Crippen LogP contribution in [0.1, 0.15) is 49.9 Å². The summed E-state index contributed by atoms with van der Waals surface area (Å²) in [6, 6.07) is 12.9. The molecule has 5 aromatic rings. The summed E-state index contributed by atoms with van der Waals surface area (Å²) in [6.45, 7) is 1.94. The maximum atomic E-state index is 14.7. The molecule has 1 saturated carbocycles. The predicted octanol–water partition coefficient (Wildman–Crippen LogP) is 4.39. The van der Waals surface area contributed by atoms with Gasteiger partial charge in [-0.15, -0.1) is 10.2 Å². The zero-order valence-corrected chi connectivity index (χ0v) is 19.9. The highest BCUT2D eigenvalue weighted by atomic mass is 19.1. The topological polar surface area (TPSA) is 138 Å². The first-order valence-electron chi connectivity index (χ1n) is 12.0. The standard InChI is InChI=1S/C26H23FN8O2/c1-2-17(31-22-20(21(28)29-13-30-22)25-34-33-24(37-25)14-11-12-14)23-32-18-10-6-9-16(27)19(18)26(36)35(23)15-7-4-3-5-8-15/h3-10,13-14,17H,2,11-12H2,1H3,(H3,28,29,30,31)/t17-/m0/s1. The van der Waals surface area contributed by atoms with Crippen LogP contribution in [-0.4, -0.2) is 29.7 Å². The van der Waals surface area contributed by atoms with Gasteiger partial charge in [0.15, 0.2) is 0 Å². The van der Waals surface area contributed by atoms with E-state index in [0.29, 0.717) is 35.2 Å². The molecule has 3 aromatic heterocycles. The Morgan fingerprint density at radius 1 is 1.14 bits per heavy atom. The Morgan fingerprint density at radius 2 is 1.95 bits per heavy atom. The van der Waals surface area contributed by atoms with Gasteiger partial charge in [0.25, 0.3) is 11.4 Å². The van der Waals surface area contributed by atoms with Crippen molar-refractivity contribution in [2.24, 2.45) is 0 Å². The molecule has 3 N–H and O–H groups in total. The van der Waals surface area contributed by atoms with Crippen molar-refractivity contribution in [1.82, 2.24) is 29.7 Å².